The van der Waals surface area contributed by atoms with Crippen LogP contribution in [-0.4, -0.2) is 29.0 Å². The minimum absolute atomic E-state index is 0.0965. The van der Waals surface area contributed by atoms with Gasteiger partial charge in [-0.05, 0) is 49.9 Å². The molecule has 0 saturated heterocycles. The van der Waals surface area contributed by atoms with Crippen molar-refractivity contribution in [3.63, 3.8) is 0 Å². The number of hydrogen-bond acceptors (Lipinski definition) is 6. The maximum Gasteiger partial charge on any atom is 0.228 e. The van der Waals surface area contributed by atoms with Crippen LogP contribution in [0.3, 0.4) is 0 Å². The maximum atomic E-state index is 6.38. The number of nitrogens with zero attached hydrogens (tertiary/aromatic N) is 5. The minimum atomic E-state index is -0.0965. The van der Waals surface area contributed by atoms with Crippen LogP contribution in [0.5, 0.6) is 0 Å². The fourth-order valence-corrected chi connectivity index (χ4v) is 3.36. The lowest BCUT2D eigenvalue weighted by Gasteiger charge is -2.07. The van der Waals surface area contributed by atoms with E-state index in [0.717, 1.165) is 46.9 Å². The number of alkyl halides is 1. The molecule has 6 nitrogen and oxygen atoms in total. The van der Waals surface area contributed by atoms with E-state index in [1.54, 1.807) is 0 Å². The van der Waals surface area contributed by atoms with E-state index in [9.17, 15) is 0 Å². The lowest BCUT2D eigenvalue weighted by molar-refractivity contribution is 0.583. The molecule has 124 valence electrons. The summed E-state index contributed by atoms with van der Waals surface area (Å²) < 4.78 is 6.15. The van der Waals surface area contributed by atoms with Crippen LogP contribution in [0.15, 0.2) is 24.7 Å². The Kier molecular flexibility index (Phi) is 3.77. The first kappa shape index (κ1) is 15.5. The highest BCUT2D eigenvalue weighted by molar-refractivity contribution is 7.10. The summed E-state index contributed by atoms with van der Waals surface area (Å²) in [6, 6.07) is 1.97. The third kappa shape index (κ3) is 3.27. The molecule has 3 aromatic rings. The zero-order chi connectivity index (χ0) is 16.7. The van der Waals surface area contributed by atoms with Gasteiger partial charge in [-0.25, -0.2) is 9.97 Å². The second kappa shape index (κ2) is 5.82. The SMILES string of the molecule is Cc1cc(Nc2ncc(C)c(-c3cnn(CC4(Cl)CC4)c3)n2)sn1. The first-order valence-electron chi connectivity index (χ1n) is 7.76. The summed E-state index contributed by atoms with van der Waals surface area (Å²) in [6.45, 7) is 4.70. The van der Waals surface area contributed by atoms with Crippen LogP contribution in [0.2, 0.25) is 0 Å². The van der Waals surface area contributed by atoms with Crippen molar-refractivity contribution in [2.45, 2.75) is 38.1 Å². The number of aryl methyl sites for hydroxylation is 2. The first-order chi connectivity index (χ1) is 11.5. The summed E-state index contributed by atoms with van der Waals surface area (Å²) in [6.07, 6.45) is 7.76. The molecule has 0 amide bonds. The predicted octanol–water partition coefficient (Wildman–Crippen LogP) is 3.93. The number of halogens is 1. The van der Waals surface area contributed by atoms with Crippen LogP contribution in [0.1, 0.15) is 24.1 Å². The van der Waals surface area contributed by atoms with Gasteiger partial charge in [0.2, 0.25) is 5.95 Å². The predicted molar refractivity (Wildman–Crippen MR) is 95.9 cm³/mol. The Bertz CT molecular complexity index is 882. The molecule has 0 radical (unpaired) electrons. The van der Waals surface area contributed by atoms with Crippen LogP contribution in [-0.2, 0) is 6.54 Å². The van der Waals surface area contributed by atoms with Gasteiger partial charge < -0.3 is 5.32 Å². The number of hydrogen-bond donors (Lipinski definition) is 1. The molecular formula is C16H17ClN6S. The largest absolute Gasteiger partial charge is 0.314 e. The van der Waals surface area contributed by atoms with Crippen LogP contribution in [0.4, 0.5) is 10.9 Å². The van der Waals surface area contributed by atoms with Gasteiger partial charge in [0, 0.05) is 18.0 Å². The van der Waals surface area contributed by atoms with Gasteiger partial charge >= 0.3 is 0 Å². The van der Waals surface area contributed by atoms with Gasteiger partial charge in [-0.15, -0.1) is 11.6 Å². The lowest BCUT2D eigenvalue weighted by Crippen LogP contribution is -2.11. The quantitative estimate of drug-likeness (QED) is 0.698. The molecule has 0 aliphatic heterocycles. The molecule has 0 unspecified atom stereocenters. The molecule has 1 aliphatic rings. The average Bonchev–Trinajstić information content (AvgIpc) is 2.94. The molecule has 1 fully saturated rings. The van der Waals surface area contributed by atoms with Crippen molar-refractivity contribution in [1.29, 1.82) is 0 Å². The zero-order valence-corrected chi connectivity index (χ0v) is 15.0. The summed E-state index contributed by atoms with van der Waals surface area (Å²) in [5, 5.41) is 8.55. The van der Waals surface area contributed by atoms with Crippen LogP contribution in [0, 0.1) is 13.8 Å². The molecule has 4 rings (SSSR count). The van der Waals surface area contributed by atoms with Gasteiger partial charge in [0.25, 0.3) is 0 Å². The Morgan fingerprint density at radius 3 is 2.88 bits per heavy atom. The summed E-state index contributed by atoms with van der Waals surface area (Å²) in [7, 11) is 0. The minimum Gasteiger partial charge on any atom is -0.314 e. The Labute approximate surface area is 149 Å². The molecule has 0 spiro atoms. The van der Waals surface area contributed by atoms with Crippen molar-refractivity contribution < 1.29 is 0 Å². The van der Waals surface area contributed by atoms with Crippen LogP contribution in [0.25, 0.3) is 11.3 Å². The van der Waals surface area contributed by atoms with Crippen molar-refractivity contribution in [2.24, 2.45) is 0 Å². The topological polar surface area (TPSA) is 68.5 Å². The molecule has 1 N–H and O–H groups in total. The fourth-order valence-electron chi connectivity index (χ4n) is 2.48. The molecule has 24 heavy (non-hydrogen) atoms. The highest BCUT2D eigenvalue weighted by Gasteiger charge is 2.41. The van der Waals surface area contributed by atoms with E-state index in [4.69, 9.17) is 11.6 Å². The van der Waals surface area contributed by atoms with Crippen LogP contribution >= 0.6 is 23.1 Å². The molecule has 0 aromatic carbocycles. The van der Waals surface area contributed by atoms with Crippen LogP contribution < -0.4 is 5.32 Å². The molecule has 0 atom stereocenters. The van der Waals surface area contributed by atoms with Gasteiger partial charge in [-0.2, -0.15) is 9.47 Å². The van der Waals surface area contributed by atoms with E-state index in [1.807, 2.05) is 43.2 Å². The maximum absolute atomic E-state index is 6.38. The standard InChI is InChI=1S/C16H17ClN6S/c1-10-6-18-15(20-13-5-11(2)22-24-13)21-14(10)12-7-19-23(8-12)9-16(17)3-4-16/h5-8H,3-4,9H2,1-2H3,(H,18,20,21). The molecule has 0 bridgehead atoms. The van der Waals surface area contributed by atoms with E-state index in [1.165, 1.54) is 11.5 Å². The third-order valence-electron chi connectivity index (χ3n) is 3.98. The van der Waals surface area contributed by atoms with Crippen molar-refractivity contribution in [3.05, 3.63) is 35.9 Å². The molecule has 1 aliphatic carbocycles. The van der Waals surface area contributed by atoms with E-state index < -0.39 is 0 Å². The second-order valence-corrected chi connectivity index (χ2v) is 7.87. The molecule has 3 heterocycles. The van der Waals surface area contributed by atoms with Crippen molar-refractivity contribution in [1.82, 2.24) is 24.1 Å². The monoisotopic (exact) mass is 360 g/mol. The zero-order valence-electron chi connectivity index (χ0n) is 13.5. The highest BCUT2D eigenvalue weighted by atomic mass is 35.5. The van der Waals surface area contributed by atoms with Crippen molar-refractivity contribution in [3.8, 4) is 11.3 Å². The normalized spacial score (nSPS) is 15.5. The van der Waals surface area contributed by atoms with E-state index in [0.29, 0.717) is 5.95 Å². The van der Waals surface area contributed by atoms with Gasteiger partial charge in [0.05, 0.1) is 29.0 Å². The van der Waals surface area contributed by atoms with Crippen molar-refractivity contribution in [2.75, 3.05) is 5.32 Å². The molecule has 1 saturated carbocycles. The first-order valence-corrected chi connectivity index (χ1v) is 8.92. The summed E-state index contributed by atoms with van der Waals surface area (Å²) in [4.78, 5) is 8.90. The second-order valence-electron chi connectivity index (χ2n) is 6.26. The Morgan fingerprint density at radius 1 is 1.33 bits per heavy atom. The summed E-state index contributed by atoms with van der Waals surface area (Å²) >= 11 is 7.78. The van der Waals surface area contributed by atoms with Gasteiger partial charge in [0.1, 0.15) is 5.00 Å². The Hall–Kier alpha value is -1.99. The molecular weight excluding hydrogens is 344 g/mol. The smallest absolute Gasteiger partial charge is 0.228 e. The molecule has 8 heteroatoms. The average molecular weight is 361 g/mol. The number of aromatic nitrogens is 5. The van der Waals surface area contributed by atoms with E-state index in [2.05, 4.69) is 24.8 Å². The number of anilines is 2. The van der Waals surface area contributed by atoms with E-state index in [-0.39, 0.29) is 4.87 Å². The Balaban J connectivity index is 1.59. The Morgan fingerprint density at radius 2 is 2.17 bits per heavy atom. The van der Waals surface area contributed by atoms with Gasteiger partial charge in [-0.3, -0.25) is 4.68 Å². The third-order valence-corrected chi connectivity index (χ3v) is 5.27. The van der Waals surface area contributed by atoms with E-state index >= 15 is 0 Å². The highest BCUT2D eigenvalue weighted by Crippen LogP contribution is 2.43. The van der Waals surface area contributed by atoms with Gasteiger partial charge in [-0.1, -0.05) is 0 Å². The summed E-state index contributed by atoms with van der Waals surface area (Å²) in [5.41, 5.74) is 3.83. The van der Waals surface area contributed by atoms with Gasteiger partial charge in [0.15, 0.2) is 0 Å². The fraction of sp³-hybridized carbons (Fsp3) is 0.375. The number of rotatable bonds is 5. The lowest BCUT2D eigenvalue weighted by atomic mass is 10.1. The number of nitrogens with one attached hydrogen (secondary N) is 1. The molecule has 3 aromatic heterocycles. The summed E-state index contributed by atoms with van der Waals surface area (Å²) in [5.74, 6) is 0.558. The van der Waals surface area contributed by atoms with Crippen molar-refractivity contribution >= 4 is 34.1 Å².